The van der Waals surface area contributed by atoms with Crippen LogP contribution in [0, 0.1) is 5.92 Å². The van der Waals surface area contributed by atoms with Crippen molar-refractivity contribution in [2.24, 2.45) is 10.9 Å². The predicted octanol–water partition coefficient (Wildman–Crippen LogP) is 3.49. The van der Waals surface area contributed by atoms with Gasteiger partial charge in [0.2, 0.25) is 0 Å². The molecule has 0 spiro atoms. The van der Waals surface area contributed by atoms with Gasteiger partial charge in [0, 0.05) is 18.7 Å². The molecule has 156 valence electrons. The van der Waals surface area contributed by atoms with E-state index in [9.17, 15) is 5.11 Å². The average Bonchev–Trinajstić information content (AvgIpc) is 3.57. The van der Waals surface area contributed by atoms with Gasteiger partial charge in [-0.05, 0) is 55.9 Å². The topological polar surface area (TPSA) is 75.1 Å². The predicted molar refractivity (Wildman–Crippen MR) is 116 cm³/mol. The molecule has 0 aliphatic heterocycles. The third-order valence-electron chi connectivity index (χ3n) is 4.85. The maximum atomic E-state index is 9.71. The number of phenols is 1. The number of methoxy groups -OCH3 is 1. The van der Waals surface area contributed by atoms with Gasteiger partial charge >= 0.3 is 0 Å². The molecule has 1 aliphatic carbocycles. The summed E-state index contributed by atoms with van der Waals surface area (Å²) in [5.74, 6) is 3.07. The Bertz CT molecular complexity index is 819. The van der Waals surface area contributed by atoms with E-state index in [4.69, 9.17) is 14.5 Å². The maximum absolute atomic E-state index is 9.71. The number of hydrogen-bond donors (Lipinski definition) is 3. The lowest BCUT2D eigenvalue weighted by atomic mass is 10.1. The molecule has 0 heterocycles. The van der Waals surface area contributed by atoms with Crippen molar-refractivity contribution in [2.75, 3.05) is 26.8 Å². The van der Waals surface area contributed by atoms with Crippen LogP contribution >= 0.6 is 0 Å². The standard InChI is InChI=1S/C23H31N3O3/c1-3-24-23(25-13-12-17-10-11-20(27)22(14-17)28-2)26-15-19-6-4-5-7-21(19)29-16-18-8-9-18/h4-7,10-11,14,18,27H,3,8-9,12-13,15-16H2,1-2H3,(H2,24,25,26). The van der Waals surface area contributed by atoms with E-state index in [1.54, 1.807) is 13.2 Å². The van der Waals surface area contributed by atoms with Crippen molar-refractivity contribution in [1.29, 1.82) is 0 Å². The molecular formula is C23H31N3O3. The average molecular weight is 398 g/mol. The summed E-state index contributed by atoms with van der Waals surface area (Å²) < 4.78 is 11.2. The van der Waals surface area contributed by atoms with Crippen molar-refractivity contribution < 1.29 is 14.6 Å². The molecule has 0 radical (unpaired) electrons. The molecule has 29 heavy (non-hydrogen) atoms. The summed E-state index contributed by atoms with van der Waals surface area (Å²) in [4.78, 5) is 4.72. The summed E-state index contributed by atoms with van der Waals surface area (Å²) in [7, 11) is 1.55. The summed E-state index contributed by atoms with van der Waals surface area (Å²) in [6.07, 6.45) is 3.35. The number of guanidine groups is 1. The Balaban J connectivity index is 1.55. The second-order valence-electron chi connectivity index (χ2n) is 7.24. The van der Waals surface area contributed by atoms with E-state index in [2.05, 4.69) is 23.6 Å². The van der Waals surface area contributed by atoms with Gasteiger partial charge in [0.05, 0.1) is 20.3 Å². The van der Waals surface area contributed by atoms with Crippen molar-refractivity contribution >= 4 is 5.96 Å². The van der Waals surface area contributed by atoms with Crippen LogP contribution in [0.4, 0.5) is 0 Å². The van der Waals surface area contributed by atoms with Crippen LogP contribution in [0.25, 0.3) is 0 Å². The van der Waals surface area contributed by atoms with Crippen LogP contribution in [0.15, 0.2) is 47.5 Å². The molecule has 1 aliphatic rings. The molecule has 1 fully saturated rings. The van der Waals surface area contributed by atoms with E-state index in [-0.39, 0.29) is 5.75 Å². The first-order valence-corrected chi connectivity index (χ1v) is 10.3. The molecule has 3 N–H and O–H groups in total. The summed E-state index contributed by atoms with van der Waals surface area (Å²) in [5.41, 5.74) is 2.18. The number of benzene rings is 2. The first-order chi connectivity index (χ1) is 14.2. The lowest BCUT2D eigenvalue weighted by Gasteiger charge is -2.13. The molecule has 0 unspecified atom stereocenters. The van der Waals surface area contributed by atoms with Gasteiger partial charge in [-0.1, -0.05) is 24.3 Å². The van der Waals surface area contributed by atoms with E-state index in [1.165, 1.54) is 12.8 Å². The Hall–Kier alpha value is -2.89. The van der Waals surface area contributed by atoms with Crippen molar-refractivity contribution in [2.45, 2.75) is 32.7 Å². The Labute approximate surface area is 173 Å². The number of rotatable bonds is 10. The zero-order valence-corrected chi connectivity index (χ0v) is 17.3. The third kappa shape index (κ3) is 6.59. The fourth-order valence-electron chi connectivity index (χ4n) is 2.98. The van der Waals surface area contributed by atoms with Crippen LogP contribution in [0.5, 0.6) is 17.2 Å². The molecule has 0 saturated heterocycles. The number of aromatic hydroxyl groups is 1. The van der Waals surface area contributed by atoms with Gasteiger partial charge in [-0.2, -0.15) is 0 Å². The number of para-hydroxylation sites is 1. The van der Waals surface area contributed by atoms with Crippen molar-refractivity contribution in [3.8, 4) is 17.2 Å². The Morgan fingerprint density at radius 1 is 1.14 bits per heavy atom. The summed E-state index contributed by atoms with van der Waals surface area (Å²) in [5, 5.41) is 16.4. The lowest BCUT2D eigenvalue weighted by Crippen LogP contribution is -2.38. The van der Waals surface area contributed by atoms with Crippen molar-refractivity contribution in [1.82, 2.24) is 10.6 Å². The zero-order chi connectivity index (χ0) is 20.5. The van der Waals surface area contributed by atoms with Gasteiger partial charge in [-0.15, -0.1) is 0 Å². The van der Waals surface area contributed by atoms with Crippen molar-refractivity contribution in [3.63, 3.8) is 0 Å². The smallest absolute Gasteiger partial charge is 0.191 e. The number of hydrogen-bond acceptors (Lipinski definition) is 4. The molecular weight excluding hydrogens is 366 g/mol. The second-order valence-corrected chi connectivity index (χ2v) is 7.24. The number of aliphatic imine (C=N–C) groups is 1. The van der Waals surface area contributed by atoms with Crippen LogP contribution < -0.4 is 20.1 Å². The summed E-state index contributed by atoms with van der Waals surface area (Å²) in [6, 6.07) is 13.5. The number of phenolic OH excluding ortho intramolecular Hbond substituents is 1. The highest BCUT2D eigenvalue weighted by Crippen LogP contribution is 2.30. The SMILES string of the molecule is CCNC(=NCc1ccccc1OCC1CC1)NCCc1ccc(O)c(OC)c1. The van der Waals surface area contributed by atoms with Gasteiger partial charge in [0.15, 0.2) is 17.5 Å². The number of nitrogens with one attached hydrogen (secondary N) is 2. The first-order valence-electron chi connectivity index (χ1n) is 10.3. The fourth-order valence-corrected chi connectivity index (χ4v) is 2.98. The Kier molecular flexibility index (Phi) is 7.61. The monoisotopic (exact) mass is 397 g/mol. The number of ether oxygens (including phenoxy) is 2. The van der Waals surface area contributed by atoms with E-state index in [0.717, 1.165) is 54.9 Å². The minimum atomic E-state index is 0.154. The van der Waals surface area contributed by atoms with Gasteiger partial charge in [0.25, 0.3) is 0 Å². The molecule has 6 heteroatoms. The van der Waals surface area contributed by atoms with Crippen LogP contribution in [0.1, 0.15) is 30.9 Å². The molecule has 2 aromatic rings. The van der Waals surface area contributed by atoms with Crippen LogP contribution in [-0.4, -0.2) is 37.9 Å². The van der Waals surface area contributed by atoms with Crippen LogP contribution in [0.2, 0.25) is 0 Å². The first kappa shape index (κ1) is 20.8. The van der Waals surface area contributed by atoms with E-state index in [1.807, 2.05) is 30.3 Å². The molecule has 6 nitrogen and oxygen atoms in total. The summed E-state index contributed by atoms with van der Waals surface area (Å²) >= 11 is 0. The van der Waals surface area contributed by atoms with E-state index < -0.39 is 0 Å². The molecule has 0 atom stereocenters. The second kappa shape index (κ2) is 10.6. The van der Waals surface area contributed by atoms with E-state index >= 15 is 0 Å². The fraction of sp³-hybridized carbons (Fsp3) is 0.435. The number of nitrogens with zero attached hydrogens (tertiary/aromatic N) is 1. The molecule has 1 saturated carbocycles. The quantitative estimate of drug-likeness (QED) is 0.423. The highest BCUT2D eigenvalue weighted by molar-refractivity contribution is 5.79. The van der Waals surface area contributed by atoms with Crippen LogP contribution in [-0.2, 0) is 13.0 Å². The van der Waals surface area contributed by atoms with Crippen LogP contribution in [0.3, 0.4) is 0 Å². The Morgan fingerprint density at radius 3 is 2.72 bits per heavy atom. The van der Waals surface area contributed by atoms with Gasteiger partial charge in [-0.25, -0.2) is 4.99 Å². The molecule has 0 bridgehead atoms. The maximum Gasteiger partial charge on any atom is 0.191 e. The highest BCUT2D eigenvalue weighted by atomic mass is 16.5. The minimum Gasteiger partial charge on any atom is -0.504 e. The van der Waals surface area contributed by atoms with Crippen molar-refractivity contribution in [3.05, 3.63) is 53.6 Å². The minimum absolute atomic E-state index is 0.154. The molecule has 0 amide bonds. The normalized spacial score (nSPS) is 13.8. The van der Waals surface area contributed by atoms with Gasteiger partial charge in [-0.3, -0.25) is 0 Å². The van der Waals surface area contributed by atoms with E-state index in [0.29, 0.717) is 12.3 Å². The molecule has 2 aromatic carbocycles. The van der Waals surface area contributed by atoms with Gasteiger partial charge < -0.3 is 25.2 Å². The third-order valence-corrected chi connectivity index (χ3v) is 4.85. The summed E-state index contributed by atoms with van der Waals surface area (Å²) in [6.45, 7) is 4.92. The van der Waals surface area contributed by atoms with Gasteiger partial charge in [0.1, 0.15) is 5.75 Å². The zero-order valence-electron chi connectivity index (χ0n) is 17.3. The highest BCUT2D eigenvalue weighted by Gasteiger charge is 2.22. The lowest BCUT2D eigenvalue weighted by molar-refractivity contribution is 0.297. The molecule has 3 rings (SSSR count). The largest absolute Gasteiger partial charge is 0.504 e. The molecule has 0 aromatic heterocycles. The Morgan fingerprint density at radius 2 is 1.97 bits per heavy atom.